The van der Waals surface area contributed by atoms with Crippen molar-refractivity contribution in [3.8, 4) is 22.9 Å². The number of rotatable bonds is 8. The van der Waals surface area contributed by atoms with E-state index in [2.05, 4.69) is 25.8 Å². The Hall–Kier alpha value is -3.63. The zero-order chi connectivity index (χ0) is 21.9. The van der Waals surface area contributed by atoms with Crippen molar-refractivity contribution < 1.29 is 23.9 Å². The molecule has 0 atom stereocenters. The minimum atomic E-state index is -0.958. The lowest BCUT2D eigenvalue weighted by atomic mass is 9.93. The molecular formula is C19H24N6O5. The number of carbonyl (C=O) groups excluding carboxylic acids is 3. The number of carbonyl (C=O) groups is 3. The minimum Gasteiger partial charge on any atom is -0.497 e. The monoisotopic (exact) mass is 416 g/mol. The lowest BCUT2D eigenvalue weighted by Gasteiger charge is -2.22. The number of urea groups is 1. The number of benzene rings is 1. The van der Waals surface area contributed by atoms with E-state index in [1.54, 1.807) is 25.3 Å². The summed E-state index contributed by atoms with van der Waals surface area (Å²) in [5.74, 6) is 0.513. The van der Waals surface area contributed by atoms with Gasteiger partial charge in [-0.25, -0.2) is 4.79 Å². The molecule has 0 radical (unpaired) electrons. The topological polar surface area (TPSA) is 139 Å². The third kappa shape index (κ3) is 3.78. The first-order chi connectivity index (χ1) is 14.4. The van der Waals surface area contributed by atoms with Crippen molar-refractivity contribution in [1.82, 2.24) is 25.4 Å². The number of hydrogen-bond donors (Lipinski definition) is 3. The molecule has 0 bridgehead atoms. The van der Waals surface area contributed by atoms with E-state index in [1.807, 2.05) is 13.8 Å². The summed E-state index contributed by atoms with van der Waals surface area (Å²) in [5, 5.41) is 11.9. The zero-order valence-corrected chi connectivity index (χ0v) is 17.2. The van der Waals surface area contributed by atoms with E-state index >= 15 is 0 Å². The second-order valence-electron chi connectivity index (χ2n) is 6.73. The van der Waals surface area contributed by atoms with Gasteiger partial charge in [-0.1, -0.05) is 13.8 Å². The van der Waals surface area contributed by atoms with Crippen LogP contribution in [0, 0.1) is 0 Å². The van der Waals surface area contributed by atoms with Gasteiger partial charge in [-0.05, 0) is 25.0 Å². The molecule has 0 spiro atoms. The molecule has 4 amide bonds. The Balaban J connectivity index is 1.70. The van der Waals surface area contributed by atoms with Gasteiger partial charge >= 0.3 is 6.03 Å². The van der Waals surface area contributed by atoms with Gasteiger partial charge in [0.05, 0.1) is 19.8 Å². The van der Waals surface area contributed by atoms with Crippen molar-refractivity contribution in [3.63, 3.8) is 0 Å². The number of amides is 4. The number of ether oxygens (including phenoxy) is 2. The number of hydrogen-bond acceptors (Lipinski definition) is 7. The number of nitrogens with zero attached hydrogens (tertiary/aromatic N) is 3. The van der Waals surface area contributed by atoms with Gasteiger partial charge < -0.3 is 14.8 Å². The summed E-state index contributed by atoms with van der Waals surface area (Å²) in [5.41, 5.74) is -0.337. The summed E-state index contributed by atoms with van der Waals surface area (Å²) in [6.45, 7) is 3.20. The van der Waals surface area contributed by atoms with Crippen LogP contribution in [0.3, 0.4) is 0 Å². The van der Waals surface area contributed by atoms with Crippen LogP contribution in [0.5, 0.6) is 11.5 Å². The molecule has 1 aliphatic rings. The van der Waals surface area contributed by atoms with Crippen LogP contribution in [-0.2, 0) is 9.59 Å². The molecule has 11 heteroatoms. The number of aromatic nitrogens is 3. The normalized spacial score (nSPS) is 15.1. The molecule has 0 unspecified atom stereocenters. The molecule has 2 heterocycles. The average molecular weight is 416 g/mol. The predicted molar refractivity (Wildman–Crippen MR) is 107 cm³/mol. The summed E-state index contributed by atoms with van der Waals surface area (Å²) >= 11 is 0. The van der Waals surface area contributed by atoms with Gasteiger partial charge in [0.1, 0.15) is 23.6 Å². The number of anilines is 1. The lowest BCUT2D eigenvalue weighted by molar-refractivity contribution is -0.134. The fraction of sp³-hybridized carbons (Fsp3) is 0.421. The molecule has 3 rings (SSSR count). The molecule has 160 valence electrons. The van der Waals surface area contributed by atoms with Crippen LogP contribution in [-0.4, -0.2) is 64.2 Å². The van der Waals surface area contributed by atoms with Crippen LogP contribution in [0.15, 0.2) is 18.2 Å². The van der Waals surface area contributed by atoms with E-state index in [0.717, 1.165) is 4.90 Å². The van der Waals surface area contributed by atoms with Crippen molar-refractivity contribution in [3.05, 3.63) is 18.2 Å². The Morgan fingerprint density at radius 3 is 2.53 bits per heavy atom. The maximum absolute atomic E-state index is 12.6. The average Bonchev–Trinajstić information content (AvgIpc) is 3.31. The largest absolute Gasteiger partial charge is 0.497 e. The van der Waals surface area contributed by atoms with Gasteiger partial charge in [-0.2, -0.15) is 4.98 Å². The highest BCUT2D eigenvalue weighted by molar-refractivity contribution is 6.09. The molecule has 1 fully saturated rings. The maximum atomic E-state index is 12.6. The van der Waals surface area contributed by atoms with Crippen molar-refractivity contribution in [2.24, 2.45) is 0 Å². The molecule has 3 N–H and O–H groups in total. The highest BCUT2D eigenvalue weighted by Gasteiger charge is 2.49. The Morgan fingerprint density at radius 2 is 1.93 bits per heavy atom. The van der Waals surface area contributed by atoms with Crippen molar-refractivity contribution in [2.45, 2.75) is 32.2 Å². The summed E-state index contributed by atoms with van der Waals surface area (Å²) < 4.78 is 10.5. The van der Waals surface area contributed by atoms with Gasteiger partial charge in [0.25, 0.3) is 5.91 Å². The van der Waals surface area contributed by atoms with E-state index in [-0.39, 0.29) is 5.95 Å². The third-order valence-corrected chi connectivity index (χ3v) is 5.16. The maximum Gasteiger partial charge on any atom is 0.325 e. The fourth-order valence-corrected chi connectivity index (χ4v) is 3.29. The first-order valence-corrected chi connectivity index (χ1v) is 9.46. The summed E-state index contributed by atoms with van der Waals surface area (Å²) in [6, 6.07) is 4.59. The Morgan fingerprint density at radius 1 is 1.20 bits per heavy atom. The van der Waals surface area contributed by atoms with Gasteiger partial charge in [-0.3, -0.25) is 24.9 Å². The number of nitrogens with one attached hydrogen (secondary N) is 3. The van der Waals surface area contributed by atoms with Crippen LogP contribution in [0.4, 0.5) is 10.7 Å². The summed E-state index contributed by atoms with van der Waals surface area (Å²) in [4.78, 5) is 42.3. The lowest BCUT2D eigenvalue weighted by Crippen LogP contribution is -2.46. The Labute approximate surface area is 173 Å². The molecule has 1 aromatic heterocycles. The Bertz CT molecular complexity index is 968. The van der Waals surface area contributed by atoms with Crippen molar-refractivity contribution in [2.75, 3.05) is 26.1 Å². The van der Waals surface area contributed by atoms with E-state index < -0.39 is 29.9 Å². The zero-order valence-electron chi connectivity index (χ0n) is 17.2. The van der Waals surface area contributed by atoms with Gasteiger partial charge in [0.2, 0.25) is 11.9 Å². The first-order valence-electron chi connectivity index (χ1n) is 9.46. The highest BCUT2D eigenvalue weighted by Crippen LogP contribution is 2.31. The molecule has 0 saturated carbocycles. The quantitative estimate of drug-likeness (QED) is 0.555. The fourth-order valence-electron chi connectivity index (χ4n) is 3.29. The second kappa shape index (κ2) is 8.39. The van der Waals surface area contributed by atoms with E-state index in [1.165, 1.54) is 7.11 Å². The van der Waals surface area contributed by atoms with Crippen molar-refractivity contribution >= 4 is 23.8 Å². The van der Waals surface area contributed by atoms with Gasteiger partial charge in [0.15, 0.2) is 5.82 Å². The summed E-state index contributed by atoms with van der Waals surface area (Å²) in [6.07, 6.45) is 0.889. The number of H-pyrrole nitrogens is 1. The highest BCUT2D eigenvalue weighted by atomic mass is 16.5. The van der Waals surface area contributed by atoms with Crippen LogP contribution < -0.4 is 20.1 Å². The predicted octanol–water partition coefficient (Wildman–Crippen LogP) is 1.54. The Kier molecular flexibility index (Phi) is 5.90. The number of imide groups is 1. The van der Waals surface area contributed by atoms with Crippen LogP contribution in [0.1, 0.15) is 26.7 Å². The molecule has 1 saturated heterocycles. The molecule has 2 aromatic rings. The van der Waals surface area contributed by atoms with E-state index in [9.17, 15) is 14.4 Å². The molecule has 30 heavy (non-hydrogen) atoms. The van der Waals surface area contributed by atoms with Crippen LogP contribution in [0.2, 0.25) is 0 Å². The SMILES string of the molecule is CCC1(CC)NC(=O)N(CC(=O)Nc2n[nH]c(-c3ccc(OC)cc3OC)n2)C1=O. The number of methoxy groups -OCH3 is 2. The van der Waals surface area contributed by atoms with Gasteiger partial charge in [-0.15, -0.1) is 5.10 Å². The minimum absolute atomic E-state index is 0.0113. The molecule has 1 aliphatic heterocycles. The van der Waals surface area contributed by atoms with Crippen LogP contribution in [0.25, 0.3) is 11.4 Å². The molecule has 1 aromatic carbocycles. The van der Waals surface area contributed by atoms with Gasteiger partial charge in [0, 0.05) is 6.07 Å². The van der Waals surface area contributed by atoms with E-state index in [4.69, 9.17) is 9.47 Å². The van der Waals surface area contributed by atoms with E-state index in [0.29, 0.717) is 35.7 Å². The standard InChI is InChI=1S/C19H24N6O5/c1-5-19(6-2)16(27)25(18(28)22-19)10-14(26)20-17-21-15(23-24-17)12-8-7-11(29-3)9-13(12)30-4/h7-9H,5-6,10H2,1-4H3,(H,22,28)(H2,20,21,23,24,26). The molecule has 0 aliphatic carbocycles. The van der Waals surface area contributed by atoms with Crippen LogP contribution >= 0.6 is 0 Å². The first kappa shape index (κ1) is 21.1. The van der Waals surface area contributed by atoms with Crippen molar-refractivity contribution in [1.29, 1.82) is 0 Å². The smallest absolute Gasteiger partial charge is 0.325 e. The molecule has 11 nitrogen and oxygen atoms in total. The summed E-state index contributed by atoms with van der Waals surface area (Å²) in [7, 11) is 3.06. The second-order valence-corrected chi connectivity index (χ2v) is 6.73. The number of aromatic amines is 1. The third-order valence-electron chi connectivity index (χ3n) is 5.16. The molecular weight excluding hydrogens is 392 g/mol.